The molecule has 2 aliphatic heterocycles. The van der Waals surface area contributed by atoms with Crippen molar-refractivity contribution in [1.82, 2.24) is 29.8 Å². The minimum absolute atomic E-state index is 0.00195. The summed E-state index contributed by atoms with van der Waals surface area (Å²) >= 11 is 0. The first-order chi connectivity index (χ1) is 18.6. The SMILES string of the molecule is CCc1nc(-c2nnn(C)c2CN2C[C@H](CC3CC3)N(C)C2=O)ccc1N1C[C@H](CC(=O)OC)CC(F)(F)C1. The van der Waals surface area contributed by atoms with Crippen molar-refractivity contribution in [2.45, 2.75) is 64.0 Å². The second-order valence-electron chi connectivity index (χ2n) is 11.2. The van der Waals surface area contributed by atoms with Crippen molar-refractivity contribution in [1.29, 1.82) is 0 Å². The van der Waals surface area contributed by atoms with Gasteiger partial charge in [-0.1, -0.05) is 25.0 Å². The molecule has 4 heterocycles. The number of ether oxygens (including phenoxy) is 1. The van der Waals surface area contributed by atoms with Crippen molar-refractivity contribution >= 4 is 17.7 Å². The summed E-state index contributed by atoms with van der Waals surface area (Å²) in [5, 5.41) is 8.57. The second kappa shape index (κ2) is 10.7. The van der Waals surface area contributed by atoms with E-state index in [9.17, 15) is 18.4 Å². The fraction of sp³-hybridized carbons (Fsp3) is 0.667. The predicted octanol–water partition coefficient (Wildman–Crippen LogP) is 3.50. The van der Waals surface area contributed by atoms with Crippen LogP contribution in [0.25, 0.3) is 11.4 Å². The number of pyridine rings is 1. The van der Waals surface area contributed by atoms with Gasteiger partial charge in [-0.2, -0.15) is 0 Å². The average molecular weight is 546 g/mol. The van der Waals surface area contributed by atoms with Crippen LogP contribution in [0.3, 0.4) is 0 Å². The summed E-state index contributed by atoms with van der Waals surface area (Å²) in [6.45, 7) is 2.85. The van der Waals surface area contributed by atoms with Crippen LogP contribution in [0.4, 0.5) is 19.3 Å². The minimum Gasteiger partial charge on any atom is -0.469 e. The molecule has 2 saturated heterocycles. The van der Waals surface area contributed by atoms with Gasteiger partial charge in [-0.25, -0.2) is 23.2 Å². The van der Waals surface area contributed by atoms with E-state index in [1.165, 1.54) is 20.0 Å². The van der Waals surface area contributed by atoms with Gasteiger partial charge in [-0.05, 0) is 36.8 Å². The molecule has 1 aliphatic carbocycles. The maximum atomic E-state index is 14.7. The third kappa shape index (κ3) is 5.84. The lowest BCUT2D eigenvalue weighted by Crippen LogP contribution is -2.48. The van der Waals surface area contributed by atoms with Crippen LogP contribution in [-0.4, -0.2) is 87.5 Å². The van der Waals surface area contributed by atoms with Gasteiger partial charge in [0, 0.05) is 33.6 Å². The van der Waals surface area contributed by atoms with Gasteiger partial charge < -0.3 is 19.4 Å². The highest BCUT2D eigenvalue weighted by molar-refractivity contribution is 5.77. The quantitative estimate of drug-likeness (QED) is 0.445. The van der Waals surface area contributed by atoms with E-state index in [1.54, 1.807) is 28.8 Å². The van der Waals surface area contributed by atoms with Crippen LogP contribution in [0, 0.1) is 11.8 Å². The van der Waals surface area contributed by atoms with E-state index in [1.807, 2.05) is 23.8 Å². The third-order valence-electron chi connectivity index (χ3n) is 8.18. The molecule has 3 aliphatic rings. The standard InChI is InChI=1S/C27H37F2N7O3/c1-5-20-22(36-13-18(11-24(37)39-4)12-27(28,29)16-36)9-8-21(30-20)25-23(34(3)32-31-25)15-35-14-19(10-17-6-7-17)33(2)26(35)38/h8-9,17-19H,5-7,10-16H2,1-4H3/t18-,19+/m1/s1. The number of esters is 1. The number of aromatic nitrogens is 4. The van der Waals surface area contributed by atoms with E-state index in [-0.39, 0.29) is 24.9 Å². The van der Waals surface area contributed by atoms with Crippen LogP contribution in [-0.2, 0) is 29.5 Å². The van der Waals surface area contributed by atoms with Gasteiger partial charge in [0.15, 0.2) is 0 Å². The van der Waals surface area contributed by atoms with Crippen molar-refractivity contribution in [3.63, 3.8) is 0 Å². The zero-order valence-corrected chi connectivity index (χ0v) is 23.1. The first-order valence-corrected chi connectivity index (χ1v) is 13.7. The maximum Gasteiger partial charge on any atom is 0.320 e. The molecule has 0 bridgehead atoms. The average Bonchev–Trinajstić information content (AvgIpc) is 3.59. The molecular weight excluding hydrogens is 508 g/mol. The molecule has 2 atom stereocenters. The van der Waals surface area contributed by atoms with E-state index in [0.717, 1.165) is 18.0 Å². The Morgan fingerprint density at radius 3 is 2.64 bits per heavy atom. The first-order valence-electron chi connectivity index (χ1n) is 13.7. The van der Waals surface area contributed by atoms with Gasteiger partial charge in [-0.15, -0.1) is 5.10 Å². The summed E-state index contributed by atoms with van der Waals surface area (Å²) in [5.41, 5.74) is 3.23. The van der Waals surface area contributed by atoms with E-state index < -0.39 is 24.4 Å². The highest BCUT2D eigenvalue weighted by Crippen LogP contribution is 2.38. The number of alkyl halides is 2. The number of halogens is 2. The topological polar surface area (TPSA) is 96.7 Å². The molecule has 0 unspecified atom stereocenters. The molecule has 5 rings (SSSR count). The zero-order valence-electron chi connectivity index (χ0n) is 23.1. The molecule has 39 heavy (non-hydrogen) atoms. The molecule has 1 saturated carbocycles. The molecular formula is C27H37F2N7O3. The van der Waals surface area contributed by atoms with Crippen molar-refractivity contribution < 1.29 is 23.1 Å². The van der Waals surface area contributed by atoms with Crippen molar-refractivity contribution in [2.24, 2.45) is 18.9 Å². The second-order valence-corrected chi connectivity index (χ2v) is 11.2. The normalized spacial score (nSPS) is 23.0. The molecule has 0 N–H and O–H groups in total. The van der Waals surface area contributed by atoms with Gasteiger partial charge in [-0.3, -0.25) is 4.79 Å². The summed E-state index contributed by atoms with van der Waals surface area (Å²) < 4.78 is 35.7. The summed E-state index contributed by atoms with van der Waals surface area (Å²) in [6.07, 6.45) is 3.66. The Hall–Kier alpha value is -3.31. The molecule has 0 aromatic carbocycles. The molecule has 2 aromatic heterocycles. The van der Waals surface area contributed by atoms with Gasteiger partial charge >= 0.3 is 12.0 Å². The zero-order chi connectivity index (χ0) is 27.9. The van der Waals surface area contributed by atoms with E-state index in [4.69, 9.17) is 9.72 Å². The number of methoxy groups -OCH3 is 1. The number of anilines is 1. The fourth-order valence-electron chi connectivity index (χ4n) is 5.89. The Balaban J connectivity index is 1.37. The summed E-state index contributed by atoms with van der Waals surface area (Å²) in [7, 11) is 4.93. The van der Waals surface area contributed by atoms with Crippen LogP contribution >= 0.6 is 0 Å². The number of hydrogen-bond acceptors (Lipinski definition) is 7. The highest BCUT2D eigenvalue weighted by atomic mass is 19.3. The van der Waals surface area contributed by atoms with Crippen LogP contribution in [0.15, 0.2) is 12.1 Å². The Labute approximate surface area is 227 Å². The number of carbonyl (C=O) groups excluding carboxylic acids is 2. The van der Waals surface area contributed by atoms with E-state index in [2.05, 4.69) is 10.3 Å². The van der Waals surface area contributed by atoms with Gasteiger partial charge in [0.1, 0.15) is 5.69 Å². The summed E-state index contributed by atoms with van der Waals surface area (Å²) in [5.74, 6) is -3.20. The molecule has 0 radical (unpaired) electrons. The highest BCUT2D eigenvalue weighted by Gasteiger charge is 2.42. The lowest BCUT2D eigenvalue weighted by atomic mass is 9.91. The number of nitrogens with zero attached hydrogens (tertiary/aromatic N) is 7. The predicted molar refractivity (Wildman–Crippen MR) is 140 cm³/mol. The number of hydrogen-bond donors (Lipinski definition) is 0. The monoisotopic (exact) mass is 545 g/mol. The number of likely N-dealkylation sites (N-methyl/N-ethyl adjacent to an activating group) is 1. The lowest BCUT2D eigenvalue weighted by Gasteiger charge is -2.39. The largest absolute Gasteiger partial charge is 0.469 e. The van der Waals surface area contributed by atoms with Crippen LogP contribution in [0.1, 0.15) is 50.4 Å². The minimum atomic E-state index is -2.93. The molecule has 12 heteroatoms. The van der Waals surface area contributed by atoms with Gasteiger partial charge in [0.25, 0.3) is 5.92 Å². The lowest BCUT2D eigenvalue weighted by molar-refractivity contribution is -0.142. The van der Waals surface area contributed by atoms with Crippen molar-refractivity contribution in [3.8, 4) is 11.4 Å². The molecule has 212 valence electrons. The van der Waals surface area contributed by atoms with Crippen molar-refractivity contribution in [2.75, 3.05) is 38.7 Å². The number of rotatable bonds is 9. The number of aryl methyl sites for hydroxylation is 2. The Bertz CT molecular complexity index is 1230. The molecule has 10 nitrogen and oxygen atoms in total. The number of carbonyl (C=O) groups is 2. The summed E-state index contributed by atoms with van der Waals surface area (Å²) in [4.78, 5) is 34.9. The first kappa shape index (κ1) is 27.3. The van der Waals surface area contributed by atoms with Gasteiger partial charge in [0.2, 0.25) is 0 Å². The third-order valence-corrected chi connectivity index (χ3v) is 8.18. The molecule has 0 spiro atoms. The van der Waals surface area contributed by atoms with E-state index >= 15 is 0 Å². The maximum absolute atomic E-state index is 14.7. The number of piperidine rings is 1. The van der Waals surface area contributed by atoms with Crippen molar-refractivity contribution in [3.05, 3.63) is 23.5 Å². The Morgan fingerprint density at radius 1 is 1.18 bits per heavy atom. The number of urea groups is 1. The Morgan fingerprint density at radius 2 is 1.95 bits per heavy atom. The number of amides is 2. The fourth-order valence-corrected chi connectivity index (χ4v) is 5.89. The molecule has 3 fully saturated rings. The Kier molecular flexibility index (Phi) is 7.47. The smallest absolute Gasteiger partial charge is 0.320 e. The molecule has 2 amide bonds. The van der Waals surface area contributed by atoms with Gasteiger partial charge in [0.05, 0.1) is 55.4 Å². The van der Waals surface area contributed by atoms with Crippen LogP contribution in [0.2, 0.25) is 0 Å². The molecule has 2 aromatic rings. The van der Waals surface area contributed by atoms with Crippen LogP contribution in [0.5, 0.6) is 0 Å². The van der Waals surface area contributed by atoms with Crippen LogP contribution < -0.4 is 4.90 Å². The summed E-state index contributed by atoms with van der Waals surface area (Å²) in [6, 6.07) is 3.79. The van der Waals surface area contributed by atoms with E-state index in [0.29, 0.717) is 48.8 Å².